The van der Waals surface area contributed by atoms with Crippen LogP contribution in [0.25, 0.3) is 0 Å². The van der Waals surface area contributed by atoms with Gasteiger partial charge in [-0.3, -0.25) is 14.5 Å². The Labute approximate surface area is 198 Å². The fraction of sp³-hybridized carbons (Fsp3) is 0.577. The number of rotatable bonds is 7. The maximum atomic E-state index is 13.6. The van der Waals surface area contributed by atoms with E-state index in [0.717, 1.165) is 10.5 Å². The third kappa shape index (κ3) is 9.56. The first-order valence-electron chi connectivity index (χ1n) is 11.2. The van der Waals surface area contributed by atoms with Crippen molar-refractivity contribution in [1.29, 1.82) is 0 Å². The van der Waals surface area contributed by atoms with Crippen LogP contribution in [0.3, 0.4) is 0 Å². The molecule has 182 valence electrons. The summed E-state index contributed by atoms with van der Waals surface area (Å²) in [6.45, 7) is 16.6. The molecule has 0 saturated heterocycles. The predicted molar refractivity (Wildman–Crippen MR) is 130 cm³/mol. The Morgan fingerprint density at radius 3 is 2.03 bits per heavy atom. The standard InChI is InChI=1S/C26H39N3O4/c1-11-29(23(31)20(16-17(2)3)27-24(32)33-26(8,9)10)21(22(30)28-25(5,6)7)19-14-12-18(4)13-15-19/h1,12-15,17,20-21H,16H2,2-10H3,(H,27,32)(H,28,30). The minimum absolute atomic E-state index is 0.0785. The van der Waals surface area contributed by atoms with Crippen molar-refractivity contribution >= 4 is 17.9 Å². The maximum Gasteiger partial charge on any atom is 0.408 e. The fourth-order valence-corrected chi connectivity index (χ4v) is 3.18. The number of nitrogens with one attached hydrogen (secondary N) is 2. The molecule has 1 rings (SSSR count). The largest absolute Gasteiger partial charge is 0.444 e. The Hall–Kier alpha value is -3.01. The molecule has 0 aliphatic rings. The first kappa shape index (κ1) is 28.0. The van der Waals surface area contributed by atoms with Crippen molar-refractivity contribution in [2.24, 2.45) is 5.92 Å². The van der Waals surface area contributed by atoms with Gasteiger partial charge in [-0.05, 0) is 66.4 Å². The third-order valence-corrected chi connectivity index (χ3v) is 4.47. The molecule has 0 fully saturated rings. The number of ether oxygens (including phenoxy) is 1. The molecule has 0 radical (unpaired) electrons. The second-order valence-corrected chi connectivity index (χ2v) is 10.7. The second kappa shape index (κ2) is 11.2. The van der Waals surface area contributed by atoms with E-state index in [-0.39, 0.29) is 5.92 Å². The molecule has 2 atom stereocenters. The van der Waals surface area contributed by atoms with Gasteiger partial charge in [-0.25, -0.2) is 4.79 Å². The number of carbonyl (C=O) groups is 3. The van der Waals surface area contributed by atoms with Crippen molar-refractivity contribution in [2.75, 3.05) is 0 Å². The molecule has 0 heterocycles. The van der Waals surface area contributed by atoms with Gasteiger partial charge in [0.1, 0.15) is 17.7 Å². The summed E-state index contributed by atoms with van der Waals surface area (Å²) in [7, 11) is 0. The van der Waals surface area contributed by atoms with Crippen LogP contribution in [0.2, 0.25) is 0 Å². The van der Waals surface area contributed by atoms with Crippen molar-refractivity contribution in [2.45, 2.75) is 92.0 Å². The average molecular weight is 458 g/mol. The minimum Gasteiger partial charge on any atom is -0.444 e. The van der Waals surface area contributed by atoms with Gasteiger partial charge in [-0.2, -0.15) is 0 Å². The topological polar surface area (TPSA) is 87.7 Å². The van der Waals surface area contributed by atoms with Crippen molar-refractivity contribution in [3.05, 3.63) is 35.4 Å². The number of benzene rings is 1. The van der Waals surface area contributed by atoms with E-state index in [0.29, 0.717) is 12.0 Å². The molecule has 0 saturated carbocycles. The van der Waals surface area contributed by atoms with Crippen LogP contribution >= 0.6 is 0 Å². The van der Waals surface area contributed by atoms with Gasteiger partial charge in [0.2, 0.25) is 5.91 Å². The number of aryl methyl sites for hydroxylation is 1. The Bertz CT molecular complexity index is 871. The van der Waals surface area contributed by atoms with Gasteiger partial charge >= 0.3 is 6.09 Å². The van der Waals surface area contributed by atoms with Crippen molar-refractivity contribution in [3.63, 3.8) is 0 Å². The van der Waals surface area contributed by atoms with Crippen LogP contribution in [0.4, 0.5) is 4.79 Å². The highest BCUT2D eigenvalue weighted by molar-refractivity contribution is 5.93. The van der Waals surface area contributed by atoms with Crippen molar-refractivity contribution < 1.29 is 19.1 Å². The first-order chi connectivity index (χ1) is 15.0. The van der Waals surface area contributed by atoms with E-state index >= 15 is 0 Å². The van der Waals surface area contributed by atoms with Crippen molar-refractivity contribution in [3.8, 4) is 12.5 Å². The first-order valence-corrected chi connectivity index (χ1v) is 11.2. The van der Waals surface area contributed by atoms with Crippen LogP contribution < -0.4 is 10.6 Å². The lowest BCUT2D eigenvalue weighted by atomic mass is 9.98. The van der Waals surface area contributed by atoms with Gasteiger partial charge in [0.25, 0.3) is 5.91 Å². The molecular weight excluding hydrogens is 418 g/mol. The van der Waals surface area contributed by atoms with E-state index in [2.05, 4.69) is 16.7 Å². The molecule has 33 heavy (non-hydrogen) atoms. The number of hydrogen-bond donors (Lipinski definition) is 2. The number of carbonyl (C=O) groups excluding carboxylic acids is 3. The summed E-state index contributed by atoms with van der Waals surface area (Å²) in [5.74, 6) is -0.875. The predicted octanol–water partition coefficient (Wildman–Crippen LogP) is 4.31. The number of terminal acetylenes is 1. The van der Waals surface area contributed by atoms with Crippen LogP contribution in [-0.4, -0.2) is 40.0 Å². The summed E-state index contributed by atoms with van der Waals surface area (Å²) in [6, 6.07) is 7.65. The summed E-state index contributed by atoms with van der Waals surface area (Å²) in [5, 5.41) is 5.56. The monoisotopic (exact) mass is 457 g/mol. The third-order valence-electron chi connectivity index (χ3n) is 4.47. The molecule has 7 nitrogen and oxygen atoms in total. The Morgan fingerprint density at radius 2 is 1.61 bits per heavy atom. The van der Waals surface area contributed by atoms with Crippen LogP contribution in [0.15, 0.2) is 24.3 Å². The van der Waals surface area contributed by atoms with Crippen LogP contribution in [-0.2, 0) is 14.3 Å². The quantitative estimate of drug-likeness (QED) is 0.472. The zero-order valence-electron chi connectivity index (χ0n) is 21.4. The lowest BCUT2D eigenvalue weighted by Crippen LogP contribution is -2.53. The molecular formula is C26H39N3O4. The van der Waals surface area contributed by atoms with Gasteiger partial charge in [0.05, 0.1) is 0 Å². The molecule has 0 aromatic heterocycles. The highest BCUT2D eigenvalue weighted by Crippen LogP contribution is 2.24. The normalized spacial score (nSPS) is 13.5. The number of amides is 3. The molecule has 2 N–H and O–H groups in total. The van der Waals surface area contributed by atoms with Gasteiger partial charge in [0.15, 0.2) is 0 Å². The summed E-state index contributed by atoms with van der Waals surface area (Å²) in [6.07, 6.45) is 5.39. The van der Waals surface area contributed by atoms with Gasteiger partial charge in [0, 0.05) is 11.6 Å². The van der Waals surface area contributed by atoms with E-state index in [1.807, 2.05) is 53.7 Å². The Morgan fingerprint density at radius 1 is 1.06 bits per heavy atom. The van der Waals surface area contributed by atoms with Crippen LogP contribution in [0.5, 0.6) is 0 Å². The van der Waals surface area contributed by atoms with E-state index in [1.165, 1.54) is 0 Å². The minimum atomic E-state index is -1.06. The molecule has 3 amide bonds. The molecule has 0 aliphatic heterocycles. The maximum absolute atomic E-state index is 13.6. The molecule has 1 aromatic rings. The van der Waals surface area contributed by atoms with Crippen molar-refractivity contribution in [1.82, 2.24) is 15.5 Å². The lowest BCUT2D eigenvalue weighted by molar-refractivity contribution is -0.139. The summed E-state index contributed by atoms with van der Waals surface area (Å²) in [5.41, 5.74) is 0.333. The molecule has 1 aromatic carbocycles. The highest BCUT2D eigenvalue weighted by Gasteiger charge is 2.37. The smallest absolute Gasteiger partial charge is 0.408 e. The molecule has 7 heteroatoms. The molecule has 0 aliphatic carbocycles. The summed E-state index contributed by atoms with van der Waals surface area (Å²) < 4.78 is 5.33. The molecule has 2 unspecified atom stereocenters. The van der Waals surface area contributed by atoms with E-state index in [4.69, 9.17) is 11.2 Å². The zero-order valence-corrected chi connectivity index (χ0v) is 21.4. The van der Waals surface area contributed by atoms with E-state index < -0.39 is 41.1 Å². The van der Waals surface area contributed by atoms with E-state index in [9.17, 15) is 14.4 Å². The van der Waals surface area contributed by atoms with Gasteiger partial charge < -0.3 is 15.4 Å². The molecule has 0 spiro atoms. The molecule has 0 bridgehead atoms. The van der Waals surface area contributed by atoms with E-state index in [1.54, 1.807) is 32.9 Å². The van der Waals surface area contributed by atoms with Crippen LogP contribution in [0, 0.1) is 25.3 Å². The second-order valence-electron chi connectivity index (χ2n) is 10.7. The SMILES string of the molecule is C#CN(C(=O)C(CC(C)C)NC(=O)OC(C)(C)C)C(C(=O)NC(C)(C)C)c1ccc(C)cc1. The summed E-state index contributed by atoms with van der Waals surface area (Å²) >= 11 is 0. The Kier molecular flexibility index (Phi) is 9.53. The lowest BCUT2D eigenvalue weighted by Gasteiger charge is -2.32. The van der Waals surface area contributed by atoms with Gasteiger partial charge in [-0.15, -0.1) is 0 Å². The Balaban J connectivity index is 3.38. The van der Waals surface area contributed by atoms with Gasteiger partial charge in [-0.1, -0.05) is 50.1 Å². The highest BCUT2D eigenvalue weighted by atomic mass is 16.6. The number of nitrogens with zero attached hydrogens (tertiary/aromatic N) is 1. The zero-order chi connectivity index (χ0) is 25.6. The van der Waals surface area contributed by atoms with Crippen LogP contribution in [0.1, 0.15) is 79.0 Å². The summed E-state index contributed by atoms with van der Waals surface area (Å²) in [4.78, 5) is 40.4. The average Bonchev–Trinajstić information content (AvgIpc) is 2.62. The number of hydrogen-bond acceptors (Lipinski definition) is 4. The number of alkyl carbamates (subject to hydrolysis) is 1. The fourth-order valence-electron chi connectivity index (χ4n) is 3.18.